The van der Waals surface area contributed by atoms with Gasteiger partial charge in [-0.15, -0.1) is 0 Å². The molecule has 2 aliphatic heterocycles. The van der Waals surface area contributed by atoms with E-state index in [2.05, 4.69) is 19.8 Å². The van der Waals surface area contributed by atoms with Crippen LogP contribution in [0.15, 0.2) is 24.3 Å². The molecule has 2 N–H and O–H groups in total. The topological polar surface area (TPSA) is 134 Å². The first-order valence-electron chi connectivity index (χ1n) is 10.8. The van der Waals surface area contributed by atoms with Gasteiger partial charge < -0.3 is 25.1 Å². The molecule has 2 aromatic rings. The average molecular weight is 534 g/mol. The van der Waals surface area contributed by atoms with Crippen LogP contribution < -0.4 is 40.4 Å². The van der Waals surface area contributed by atoms with Crippen LogP contribution in [0, 0.1) is 0 Å². The fourth-order valence-electron chi connectivity index (χ4n) is 3.54. The van der Waals surface area contributed by atoms with Crippen molar-refractivity contribution in [3.8, 4) is 0 Å². The van der Waals surface area contributed by atoms with Gasteiger partial charge in [0, 0.05) is 44.8 Å². The number of carboxylic acid groups (broad SMARTS) is 1. The molecule has 1 amide bonds. The van der Waals surface area contributed by atoms with E-state index in [-0.39, 0.29) is 35.1 Å². The minimum atomic E-state index is -1.22. The third-order valence-corrected chi connectivity index (χ3v) is 5.74. The van der Waals surface area contributed by atoms with Crippen LogP contribution in [-0.2, 0) is 22.6 Å². The van der Waals surface area contributed by atoms with Crippen molar-refractivity contribution in [1.82, 2.24) is 19.8 Å². The van der Waals surface area contributed by atoms with Crippen LogP contribution in [0.5, 0.6) is 0 Å². The number of aromatic carboxylic acids is 1. The summed E-state index contributed by atoms with van der Waals surface area (Å²) in [4.78, 5) is 34.7. The summed E-state index contributed by atoms with van der Waals surface area (Å²) < 4.78 is 10.5. The average Bonchev–Trinajstić information content (AvgIpc) is 2.80. The summed E-state index contributed by atoms with van der Waals surface area (Å²) in [7, 11) is 0. The summed E-state index contributed by atoms with van der Waals surface area (Å²) in [5.41, 5.74) is 6.91. The van der Waals surface area contributed by atoms with E-state index in [4.69, 9.17) is 38.4 Å². The van der Waals surface area contributed by atoms with Gasteiger partial charge in [0.25, 0.3) is 5.91 Å². The van der Waals surface area contributed by atoms with Crippen molar-refractivity contribution in [2.45, 2.75) is 13.1 Å². The molecule has 184 valence electrons. The Labute approximate surface area is 236 Å². The standard InChI is InChI=1S/C11H14ClN3O2.C11H13ClN2O3.Na/c12-10-2-1-8(11(13)16)9(14-10)7-15-3-5-17-6-4-15;12-10-2-1-8(11(15)16)9(13-10)7-14-3-5-17-6-4-14;/h1-2H,3-7H2,(H2,13,16);1-2H,3-7H2,(H,15,16);/q;;+1/p-1. The van der Waals surface area contributed by atoms with Crippen LogP contribution in [0.3, 0.4) is 0 Å². The summed E-state index contributed by atoms with van der Waals surface area (Å²) in [5, 5.41) is 11.6. The van der Waals surface area contributed by atoms with E-state index in [1.165, 1.54) is 12.1 Å². The maximum Gasteiger partial charge on any atom is 1.00 e. The first-order chi connectivity index (χ1) is 16.3. The summed E-state index contributed by atoms with van der Waals surface area (Å²) in [6, 6.07) is 6.08. The van der Waals surface area contributed by atoms with Gasteiger partial charge in [0.1, 0.15) is 10.3 Å². The second kappa shape index (κ2) is 15.0. The number of hydrogen-bond acceptors (Lipinski definition) is 9. The Bertz CT molecular complexity index is 925. The minimum absolute atomic E-state index is 0. The van der Waals surface area contributed by atoms with Gasteiger partial charge in [-0.05, 0) is 24.3 Å². The second-order valence-corrected chi connectivity index (χ2v) is 8.46. The van der Waals surface area contributed by atoms with E-state index in [0.717, 1.165) is 26.2 Å². The molecule has 2 aliphatic rings. The molecule has 0 spiro atoms. The number of amides is 1. The molecule has 10 nitrogen and oxygen atoms in total. The normalized spacial score (nSPS) is 16.5. The molecule has 13 heteroatoms. The number of morpholine rings is 2. The Morgan fingerprint density at radius 2 is 1.23 bits per heavy atom. The van der Waals surface area contributed by atoms with Crippen LogP contribution in [0.2, 0.25) is 10.3 Å². The Kier molecular flexibility index (Phi) is 12.8. The Morgan fingerprint density at radius 1 is 0.829 bits per heavy atom. The molecule has 4 heterocycles. The van der Waals surface area contributed by atoms with Gasteiger partial charge in [0.05, 0.1) is 49.3 Å². The van der Waals surface area contributed by atoms with Crippen molar-refractivity contribution in [3.63, 3.8) is 0 Å². The maximum absolute atomic E-state index is 11.3. The Morgan fingerprint density at radius 3 is 1.63 bits per heavy atom. The molecule has 0 unspecified atom stereocenters. The number of carbonyl (C=O) groups excluding carboxylic acids is 2. The molecule has 2 saturated heterocycles. The van der Waals surface area contributed by atoms with Gasteiger partial charge >= 0.3 is 29.6 Å². The first-order valence-corrected chi connectivity index (χ1v) is 11.5. The van der Waals surface area contributed by atoms with Crippen molar-refractivity contribution < 1.29 is 53.7 Å². The number of nitrogens with zero attached hydrogens (tertiary/aromatic N) is 4. The molecule has 35 heavy (non-hydrogen) atoms. The molecule has 0 aliphatic carbocycles. The SMILES string of the molecule is NC(=O)c1ccc(Cl)nc1CN1CCOCC1.O=C([O-])c1ccc(Cl)nc1CN1CCOCC1.[Na+]. The minimum Gasteiger partial charge on any atom is -0.545 e. The summed E-state index contributed by atoms with van der Waals surface area (Å²) in [6.07, 6.45) is 0. The maximum atomic E-state index is 11.3. The van der Waals surface area contributed by atoms with Crippen molar-refractivity contribution in [2.75, 3.05) is 52.6 Å². The second-order valence-electron chi connectivity index (χ2n) is 7.69. The fraction of sp³-hybridized carbons (Fsp3) is 0.455. The van der Waals surface area contributed by atoms with E-state index >= 15 is 0 Å². The number of aromatic nitrogens is 2. The quantitative estimate of drug-likeness (QED) is 0.318. The Balaban J connectivity index is 0.000000240. The molecule has 0 bridgehead atoms. The zero-order chi connectivity index (χ0) is 24.5. The van der Waals surface area contributed by atoms with E-state index in [0.29, 0.717) is 66.8 Å². The molecule has 0 radical (unpaired) electrons. The molecule has 0 saturated carbocycles. The van der Waals surface area contributed by atoms with Gasteiger partial charge in [-0.25, -0.2) is 9.97 Å². The molecule has 0 aromatic carbocycles. The predicted molar refractivity (Wildman–Crippen MR) is 124 cm³/mol. The number of pyridine rings is 2. The number of nitrogens with two attached hydrogens (primary N) is 1. The molecule has 0 atom stereocenters. The van der Waals surface area contributed by atoms with Crippen LogP contribution in [0.25, 0.3) is 0 Å². The molecule has 2 aromatic heterocycles. The fourth-order valence-corrected chi connectivity index (χ4v) is 3.87. The van der Waals surface area contributed by atoms with Crippen molar-refractivity contribution in [3.05, 3.63) is 57.1 Å². The number of rotatable bonds is 6. The molecular formula is C22H26Cl2N5NaO5. The molecule has 2 fully saturated rings. The van der Waals surface area contributed by atoms with Crippen molar-refractivity contribution in [2.24, 2.45) is 5.73 Å². The van der Waals surface area contributed by atoms with Gasteiger partial charge in [-0.1, -0.05) is 23.2 Å². The third-order valence-electron chi connectivity index (χ3n) is 5.32. The van der Waals surface area contributed by atoms with Gasteiger partial charge in [0.15, 0.2) is 0 Å². The zero-order valence-electron chi connectivity index (χ0n) is 19.5. The van der Waals surface area contributed by atoms with Gasteiger partial charge in [0.2, 0.25) is 0 Å². The number of primary amides is 1. The van der Waals surface area contributed by atoms with Crippen LogP contribution in [-0.4, -0.2) is 84.3 Å². The largest absolute Gasteiger partial charge is 1.00 e. The first kappa shape index (κ1) is 29.9. The van der Waals surface area contributed by atoms with Crippen molar-refractivity contribution in [1.29, 1.82) is 0 Å². The predicted octanol–water partition coefficient (Wildman–Crippen LogP) is -2.40. The van der Waals surface area contributed by atoms with Crippen LogP contribution in [0.4, 0.5) is 0 Å². The molecular weight excluding hydrogens is 508 g/mol. The van der Waals surface area contributed by atoms with E-state index in [1.54, 1.807) is 12.1 Å². The number of carbonyl (C=O) groups is 2. The third kappa shape index (κ3) is 9.56. The number of ether oxygens (including phenoxy) is 2. The monoisotopic (exact) mass is 533 g/mol. The van der Waals surface area contributed by atoms with E-state index in [1.807, 2.05) is 0 Å². The summed E-state index contributed by atoms with van der Waals surface area (Å²) >= 11 is 11.6. The van der Waals surface area contributed by atoms with Crippen molar-refractivity contribution >= 4 is 35.1 Å². The van der Waals surface area contributed by atoms with Crippen LogP contribution >= 0.6 is 23.2 Å². The van der Waals surface area contributed by atoms with E-state index < -0.39 is 11.9 Å². The smallest absolute Gasteiger partial charge is 0.545 e. The van der Waals surface area contributed by atoms with E-state index in [9.17, 15) is 14.7 Å². The summed E-state index contributed by atoms with van der Waals surface area (Å²) in [6.45, 7) is 6.91. The zero-order valence-corrected chi connectivity index (χ0v) is 23.1. The van der Waals surface area contributed by atoms with Crippen LogP contribution in [0.1, 0.15) is 32.1 Å². The number of hydrogen-bond donors (Lipinski definition) is 1. The number of carboxylic acids is 1. The van der Waals surface area contributed by atoms with Gasteiger partial charge in [-0.2, -0.15) is 0 Å². The number of halogens is 2. The Hall–Kier alpha value is -1.34. The summed E-state index contributed by atoms with van der Waals surface area (Å²) in [5.74, 6) is -1.70. The van der Waals surface area contributed by atoms with Gasteiger partial charge in [-0.3, -0.25) is 14.6 Å². The molecule has 4 rings (SSSR count).